The van der Waals surface area contributed by atoms with Crippen LogP contribution in [-0.2, 0) is 6.42 Å². The molecule has 0 aliphatic rings. The third-order valence-corrected chi connectivity index (χ3v) is 5.18. The van der Waals surface area contributed by atoms with Gasteiger partial charge in [-0.1, -0.05) is 38.8 Å². The van der Waals surface area contributed by atoms with Gasteiger partial charge in [0.25, 0.3) is 0 Å². The molecule has 0 aliphatic carbocycles. The van der Waals surface area contributed by atoms with Crippen LogP contribution in [0, 0.1) is 5.41 Å². The minimum Gasteiger partial charge on any atom is -0.263 e. The summed E-state index contributed by atoms with van der Waals surface area (Å²) in [7, 11) is 0. The molecule has 0 bridgehead atoms. The zero-order valence-corrected chi connectivity index (χ0v) is 12.7. The predicted octanol–water partition coefficient (Wildman–Crippen LogP) is 4.18. The zero-order valence-electron chi connectivity index (χ0n) is 7.93. The molecule has 0 atom stereocenters. The van der Waals surface area contributed by atoms with Gasteiger partial charge >= 0.3 is 0 Å². The Balaban J connectivity index is 2.77. The molecule has 0 aliphatic heterocycles. The molecule has 0 saturated heterocycles. The second-order valence-electron chi connectivity index (χ2n) is 3.77. The van der Waals surface area contributed by atoms with E-state index >= 15 is 0 Å². The van der Waals surface area contributed by atoms with E-state index in [0.717, 1.165) is 21.6 Å². The molecule has 1 heterocycles. The van der Waals surface area contributed by atoms with Gasteiger partial charge in [0.1, 0.15) is 0 Å². The van der Waals surface area contributed by atoms with Crippen LogP contribution in [0.2, 0.25) is 0 Å². The summed E-state index contributed by atoms with van der Waals surface area (Å²) in [6, 6.07) is 2.12. The van der Waals surface area contributed by atoms with Crippen LogP contribution >= 0.6 is 47.8 Å². The molecule has 0 aromatic carbocycles. The molecule has 0 amide bonds. The van der Waals surface area contributed by atoms with Crippen LogP contribution < -0.4 is 0 Å². The van der Waals surface area contributed by atoms with Gasteiger partial charge in [-0.2, -0.15) is 0 Å². The van der Waals surface area contributed by atoms with Gasteiger partial charge < -0.3 is 0 Å². The Morgan fingerprint density at radius 3 is 2.43 bits per heavy atom. The van der Waals surface area contributed by atoms with E-state index in [4.69, 9.17) is 0 Å². The average Bonchev–Trinajstić information content (AvgIpc) is 2.18. The molecule has 1 rings (SSSR count). The standard InChI is InChI=1S/C10H12Br3N/c1-10(6-11,7-12)3-8-2-9(13)5-14-4-8/h2,4-5H,3,6-7H2,1H3. The fraction of sp³-hybridized carbons (Fsp3) is 0.500. The molecular weight excluding hydrogens is 374 g/mol. The SMILES string of the molecule is CC(CBr)(CBr)Cc1cncc(Br)c1. The average molecular weight is 386 g/mol. The monoisotopic (exact) mass is 383 g/mol. The Kier molecular flexibility index (Phi) is 5.08. The maximum Gasteiger partial charge on any atom is 0.0410 e. The first-order chi connectivity index (χ1) is 6.59. The van der Waals surface area contributed by atoms with Gasteiger partial charge in [-0.05, 0) is 39.4 Å². The first-order valence-electron chi connectivity index (χ1n) is 4.31. The number of hydrogen-bond donors (Lipinski definition) is 0. The van der Waals surface area contributed by atoms with Crippen LogP contribution in [-0.4, -0.2) is 15.6 Å². The lowest BCUT2D eigenvalue weighted by Gasteiger charge is -2.24. The summed E-state index contributed by atoms with van der Waals surface area (Å²) < 4.78 is 1.04. The molecule has 4 heteroatoms. The minimum atomic E-state index is 0.252. The van der Waals surface area contributed by atoms with Gasteiger partial charge in [0, 0.05) is 27.5 Å². The van der Waals surface area contributed by atoms with Crippen molar-refractivity contribution < 1.29 is 0 Å². The first kappa shape index (κ1) is 12.7. The van der Waals surface area contributed by atoms with Gasteiger partial charge in [0.05, 0.1) is 0 Å². The third-order valence-electron chi connectivity index (χ3n) is 2.04. The molecule has 1 nitrogen and oxygen atoms in total. The van der Waals surface area contributed by atoms with Crippen molar-refractivity contribution in [1.29, 1.82) is 0 Å². The molecule has 0 fully saturated rings. The molecular formula is C10H12Br3N. The quantitative estimate of drug-likeness (QED) is 0.708. The molecule has 0 saturated carbocycles. The number of rotatable bonds is 4. The highest BCUT2D eigenvalue weighted by Crippen LogP contribution is 2.27. The fourth-order valence-corrected chi connectivity index (χ4v) is 2.91. The first-order valence-corrected chi connectivity index (χ1v) is 7.34. The smallest absolute Gasteiger partial charge is 0.0410 e. The maximum atomic E-state index is 4.16. The lowest BCUT2D eigenvalue weighted by atomic mass is 9.89. The van der Waals surface area contributed by atoms with Crippen molar-refractivity contribution in [3.05, 3.63) is 28.5 Å². The summed E-state index contributed by atoms with van der Waals surface area (Å²) in [5.41, 5.74) is 1.52. The Morgan fingerprint density at radius 2 is 1.93 bits per heavy atom. The van der Waals surface area contributed by atoms with E-state index < -0.39 is 0 Å². The van der Waals surface area contributed by atoms with Crippen molar-refractivity contribution in [2.75, 3.05) is 10.7 Å². The minimum absolute atomic E-state index is 0.252. The lowest BCUT2D eigenvalue weighted by Crippen LogP contribution is -2.23. The fourth-order valence-electron chi connectivity index (χ4n) is 1.18. The Hall–Kier alpha value is 0.590. The number of nitrogens with zero attached hydrogens (tertiary/aromatic N) is 1. The van der Waals surface area contributed by atoms with Gasteiger partial charge in [-0.25, -0.2) is 0 Å². The highest BCUT2D eigenvalue weighted by atomic mass is 79.9. The van der Waals surface area contributed by atoms with Crippen molar-refractivity contribution in [2.24, 2.45) is 5.41 Å². The summed E-state index contributed by atoms with van der Waals surface area (Å²) in [4.78, 5) is 4.16. The lowest BCUT2D eigenvalue weighted by molar-refractivity contribution is 0.438. The molecule has 0 spiro atoms. The van der Waals surface area contributed by atoms with Crippen LogP contribution in [0.5, 0.6) is 0 Å². The second-order valence-corrected chi connectivity index (χ2v) is 5.80. The van der Waals surface area contributed by atoms with Gasteiger partial charge in [0.2, 0.25) is 0 Å². The van der Waals surface area contributed by atoms with E-state index in [1.807, 2.05) is 12.4 Å². The molecule has 78 valence electrons. The molecule has 0 unspecified atom stereocenters. The second kappa shape index (κ2) is 5.61. The normalized spacial score (nSPS) is 11.7. The molecule has 1 aromatic rings. The maximum absolute atomic E-state index is 4.16. The van der Waals surface area contributed by atoms with Crippen LogP contribution in [0.4, 0.5) is 0 Å². The summed E-state index contributed by atoms with van der Waals surface area (Å²) >= 11 is 10.5. The summed E-state index contributed by atoms with van der Waals surface area (Å²) in [6.07, 6.45) is 4.76. The third kappa shape index (κ3) is 3.63. The van der Waals surface area contributed by atoms with Gasteiger partial charge in [0.15, 0.2) is 0 Å². The van der Waals surface area contributed by atoms with Gasteiger partial charge in [-0.3, -0.25) is 4.98 Å². The van der Waals surface area contributed by atoms with E-state index in [1.165, 1.54) is 5.56 Å². The van der Waals surface area contributed by atoms with Crippen molar-refractivity contribution in [3.63, 3.8) is 0 Å². The molecule has 0 radical (unpaired) electrons. The van der Waals surface area contributed by atoms with Crippen molar-refractivity contribution in [2.45, 2.75) is 13.3 Å². The Labute approximate surface area is 110 Å². The highest BCUT2D eigenvalue weighted by molar-refractivity contribution is 9.10. The number of hydrogen-bond acceptors (Lipinski definition) is 1. The van der Waals surface area contributed by atoms with E-state index in [9.17, 15) is 0 Å². The van der Waals surface area contributed by atoms with E-state index in [-0.39, 0.29) is 5.41 Å². The van der Waals surface area contributed by atoms with Crippen LogP contribution in [0.25, 0.3) is 0 Å². The summed E-state index contributed by atoms with van der Waals surface area (Å²) in [5, 5.41) is 1.97. The van der Waals surface area contributed by atoms with Crippen molar-refractivity contribution in [1.82, 2.24) is 4.98 Å². The van der Waals surface area contributed by atoms with E-state index in [1.54, 1.807) is 0 Å². The summed E-state index contributed by atoms with van der Waals surface area (Å²) in [6.45, 7) is 2.25. The Bertz CT molecular complexity index is 297. The summed E-state index contributed by atoms with van der Waals surface area (Å²) in [5.74, 6) is 0. The number of aromatic nitrogens is 1. The van der Waals surface area contributed by atoms with E-state index in [2.05, 4.69) is 65.8 Å². The van der Waals surface area contributed by atoms with Crippen molar-refractivity contribution in [3.8, 4) is 0 Å². The predicted molar refractivity (Wildman–Crippen MR) is 71.3 cm³/mol. The molecule has 1 aromatic heterocycles. The number of halogens is 3. The van der Waals surface area contributed by atoms with Gasteiger partial charge in [-0.15, -0.1) is 0 Å². The Morgan fingerprint density at radius 1 is 1.29 bits per heavy atom. The van der Waals surface area contributed by atoms with E-state index in [0.29, 0.717) is 0 Å². The van der Waals surface area contributed by atoms with Crippen LogP contribution in [0.3, 0.4) is 0 Å². The largest absolute Gasteiger partial charge is 0.263 e. The topological polar surface area (TPSA) is 12.9 Å². The number of alkyl halides is 2. The van der Waals surface area contributed by atoms with Crippen LogP contribution in [0.15, 0.2) is 22.9 Å². The molecule has 14 heavy (non-hydrogen) atoms. The van der Waals surface area contributed by atoms with Crippen LogP contribution in [0.1, 0.15) is 12.5 Å². The zero-order chi connectivity index (χ0) is 10.6. The number of pyridine rings is 1. The molecule has 0 N–H and O–H groups in total. The highest BCUT2D eigenvalue weighted by Gasteiger charge is 2.22. The van der Waals surface area contributed by atoms with Crippen molar-refractivity contribution >= 4 is 47.8 Å².